The predicted octanol–water partition coefficient (Wildman–Crippen LogP) is 3.45. The van der Waals surface area contributed by atoms with Gasteiger partial charge in [-0.25, -0.2) is 0 Å². The van der Waals surface area contributed by atoms with Crippen LogP contribution in [0.5, 0.6) is 0 Å². The van der Waals surface area contributed by atoms with E-state index < -0.39 is 5.91 Å². The Morgan fingerprint density at radius 2 is 1.96 bits per heavy atom. The molecule has 3 amide bonds. The van der Waals surface area contributed by atoms with Crippen molar-refractivity contribution in [1.82, 2.24) is 5.32 Å². The van der Waals surface area contributed by atoms with Gasteiger partial charge >= 0.3 is 0 Å². The zero-order valence-corrected chi connectivity index (χ0v) is 16.6. The zero-order valence-electron chi connectivity index (χ0n) is 15.8. The number of carbonyl (C=O) groups excluding carboxylic acids is 3. The number of aryl methyl sites for hydroxylation is 1. The monoisotopic (exact) mass is 399 g/mol. The summed E-state index contributed by atoms with van der Waals surface area (Å²) < 4.78 is 0. The van der Waals surface area contributed by atoms with Crippen LogP contribution in [-0.4, -0.2) is 30.8 Å². The fourth-order valence-corrected chi connectivity index (χ4v) is 3.33. The molecule has 0 aromatic heterocycles. The highest BCUT2D eigenvalue weighted by atomic mass is 35.5. The molecule has 7 heteroatoms. The molecule has 2 aromatic carbocycles. The van der Waals surface area contributed by atoms with Gasteiger partial charge in [0.25, 0.3) is 5.91 Å². The molecule has 1 aliphatic rings. The molecular formula is C21H22ClN3O3. The van der Waals surface area contributed by atoms with Crippen molar-refractivity contribution in [3.8, 4) is 0 Å². The second kappa shape index (κ2) is 8.44. The highest BCUT2D eigenvalue weighted by molar-refractivity contribution is 6.34. The molecule has 28 heavy (non-hydrogen) atoms. The topological polar surface area (TPSA) is 78.5 Å². The van der Waals surface area contributed by atoms with Gasteiger partial charge < -0.3 is 15.5 Å². The fourth-order valence-electron chi connectivity index (χ4n) is 3.11. The third-order valence-electron chi connectivity index (χ3n) is 4.86. The number of benzene rings is 2. The average molecular weight is 400 g/mol. The maximum absolute atomic E-state index is 12.4. The molecule has 0 saturated carbocycles. The summed E-state index contributed by atoms with van der Waals surface area (Å²) in [6.07, 6.45) is 1.25. The molecule has 1 saturated heterocycles. The Balaban J connectivity index is 1.64. The Hall–Kier alpha value is -2.86. The summed E-state index contributed by atoms with van der Waals surface area (Å²) in [5, 5.41) is 5.82. The van der Waals surface area contributed by atoms with E-state index in [-0.39, 0.29) is 18.4 Å². The molecule has 1 fully saturated rings. The average Bonchev–Trinajstić information content (AvgIpc) is 3.09. The van der Waals surface area contributed by atoms with Crippen molar-refractivity contribution in [3.05, 3.63) is 58.1 Å². The molecule has 3 rings (SSSR count). The van der Waals surface area contributed by atoms with Gasteiger partial charge in [0.15, 0.2) is 0 Å². The smallest absolute Gasteiger partial charge is 0.251 e. The van der Waals surface area contributed by atoms with Crippen LogP contribution in [0.15, 0.2) is 36.4 Å². The first-order valence-corrected chi connectivity index (χ1v) is 9.49. The minimum Gasteiger partial charge on any atom is -0.343 e. The Kier molecular flexibility index (Phi) is 5.99. The zero-order chi connectivity index (χ0) is 20.3. The maximum atomic E-state index is 12.4. The lowest BCUT2D eigenvalue weighted by molar-refractivity contribution is -0.117. The van der Waals surface area contributed by atoms with Crippen LogP contribution in [-0.2, 0) is 9.59 Å². The van der Waals surface area contributed by atoms with E-state index in [2.05, 4.69) is 10.6 Å². The summed E-state index contributed by atoms with van der Waals surface area (Å²) in [7, 11) is 0. The first-order valence-electron chi connectivity index (χ1n) is 9.11. The maximum Gasteiger partial charge on any atom is 0.251 e. The molecule has 0 spiro atoms. The molecule has 1 aliphatic heterocycles. The van der Waals surface area contributed by atoms with Crippen molar-refractivity contribution in [3.63, 3.8) is 0 Å². The molecule has 0 aliphatic carbocycles. The van der Waals surface area contributed by atoms with Crippen molar-refractivity contribution >= 4 is 40.7 Å². The third-order valence-corrected chi connectivity index (χ3v) is 5.18. The van der Waals surface area contributed by atoms with Gasteiger partial charge in [-0.05, 0) is 55.7 Å². The number of hydrogen-bond donors (Lipinski definition) is 2. The molecule has 0 atom stereocenters. The molecular weight excluding hydrogens is 378 g/mol. The van der Waals surface area contributed by atoms with Gasteiger partial charge in [-0.1, -0.05) is 23.7 Å². The highest BCUT2D eigenvalue weighted by Gasteiger charge is 2.24. The second-order valence-electron chi connectivity index (χ2n) is 6.79. The Morgan fingerprint density at radius 1 is 1.18 bits per heavy atom. The summed E-state index contributed by atoms with van der Waals surface area (Å²) in [4.78, 5) is 38.2. The van der Waals surface area contributed by atoms with Crippen LogP contribution >= 0.6 is 11.6 Å². The number of anilines is 2. The number of halogens is 1. The largest absolute Gasteiger partial charge is 0.343 e. The number of rotatable bonds is 5. The molecule has 6 nitrogen and oxygen atoms in total. The van der Waals surface area contributed by atoms with Crippen molar-refractivity contribution in [2.24, 2.45) is 0 Å². The first kappa shape index (κ1) is 19.9. The van der Waals surface area contributed by atoms with Gasteiger partial charge in [-0.3, -0.25) is 14.4 Å². The molecule has 2 aromatic rings. The summed E-state index contributed by atoms with van der Waals surface area (Å²) >= 11 is 6.20. The second-order valence-corrected chi connectivity index (χ2v) is 7.20. The van der Waals surface area contributed by atoms with Crippen LogP contribution < -0.4 is 15.5 Å². The minimum absolute atomic E-state index is 0.00707. The molecule has 0 bridgehead atoms. The Labute approximate surface area is 168 Å². The van der Waals surface area contributed by atoms with Gasteiger partial charge in [-0.15, -0.1) is 0 Å². The molecule has 0 radical (unpaired) electrons. The lowest BCUT2D eigenvalue weighted by Crippen LogP contribution is -2.33. The number of nitrogens with one attached hydrogen (secondary N) is 2. The molecule has 1 heterocycles. The van der Waals surface area contributed by atoms with Crippen LogP contribution in [0.3, 0.4) is 0 Å². The van der Waals surface area contributed by atoms with Crippen LogP contribution in [0.1, 0.15) is 34.3 Å². The van der Waals surface area contributed by atoms with Crippen LogP contribution in [0.4, 0.5) is 11.4 Å². The van der Waals surface area contributed by atoms with E-state index in [1.807, 2.05) is 32.0 Å². The molecule has 2 N–H and O–H groups in total. The quantitative estimate of drug-likeness (QED) is 0.808. The summed E-state index contributed by atoms with van der Waals surface area (Å²) in [6.45, 7) is 4.32. The van der Waals surface area contributed by atoms with Crippen molar-refractivity contribution < 1.29 is 14.4 Å². The van der Waals surface area contributed by atoms with Crippen molar-refractivity contribution in [1.29, 1.82) is 0 Å². The van der Waals surface area contributed by atoms with Crippen molar-refractivity contribution in [2.75, 3.05) is 23.3 Å². The highest BCUT2D eigenvalue weighted by Crippen LogP contribution is 2.30. The SMILES string of the molecule is Cc1cccc(NC(=O)CNC(=O)c2ccc(Cl)c(N3CCCC3=O)c2)c1C. The van der Waals surface area contributed by atoms with Gasteiger partial charge in [0, 0.05) is 24.2 Å². The van der Waals surface area contributed by atoms with Gasteiger partial charge in [-0.2, -0.15) is 0 Å². The van der Waals surface area contributed by atoms with Crippen LogP contribution in [0.2, 0.25) is 5.02 Å². The first-order chi connectivity index (χ1) is 13.4. The summed E-state index contributed by atoms with van der Waals surface area (Å²) in [5.41, 5.74) is 3.66. The van der Waals surface area contributed by atoms with E-state index in [0.717, 1.165) is 23.2 Å². The van der Waals surface area contributed by atoms with Crippen molar-refractivity contribution in [2.45, 2.75) is 26.7 Å². The fraction of sp³-hybridized carbons (Fsp3) is 0.286. The number of amides is 3. The van der Waals surface area contributed by atoms with Crippen LogP contribution in [0, 0.1) is 13.8 Å². The van der Waals surface area contributed by atoms with E-state index >= 15 is 0 Å². The summed E-state index contributed by atoms with van der Waals surface area (Å²) in [5.74, 6) is -0.723. The lowest BCUT2D eigenvalue weighted by atomic mass is 10.1. The van der Waals surface area contributed by atoms with E-state index in [0.29, 0.717) is 29.2 Å². The minimum atomic E-state index is -0.402. The lowest BCUT2D eigenvalue weighted by Gasteiger charge is -2.18. The van der Waals surface area contributed by atoms with E-state index in [9.17, 15) is 14.4 Å². The summed E-state index contributed by atoms with van der Waals surface area (Å²) in [6, 6.07) is 10.4. The van der Waals surface area contributed by atoms with Gasteiger partial charge in [0.05, 0.1) is 17.3 Å². The van der Waals surface area contributed by atoms with Gasteiger partial charge in [0.1, 0.15) is 0 Å². The number of hydrogen-bond acceptors (Lipinski definition) is 3. The van der Waals surface area contributed by atoms with E-state index in [4.69, 9.17) is 11.6 Å². The number of carbonyl (C=O) groups is 3. The van der Waals surface area contributed by atoms with Crippen LogP contribution in [0.25, 0.3) is 0 Å². The normalized spacial score (nSPS) is 13.5. The predicted molar refractivity (Wildman–Crippen MR) is 110 cm³/mol. The molecule has 0 unspecified atom stereocenters. The Bertz CT molecular complexity index is 942. The Morgan fingerprint density at radius 3 is 2.68 bits per heavy atom. The molecule has 146 valence electrons. The standard InChI is InChI=1S/C21H22ClN3O3/c1-13-5-3-6-17(14(13)2)24-19(26)12-23-21(28)15-8-9-16(22)18(11-15)25-10-4-7-20(25)27/h3,5-6,8-9,11H,4,7,10,12H2,1-2H3,(H,23,28)(H,24,26). The number of nitrogens with zero attached hydrogens (tertiary/aromatic N) is 1. The van der Waals surface area contributed by atoms with E-state index in [1.165, 1.54) is 0 Å². The van der Waals surface area contributed by atoms with Gasteiger partial charge in [0.2, 0.25) is 11.8 Å². The third kappa shape index (κ3) is 4.34. The van der Waals surface area contributed by atoms with E-state index in [1.54, 1.807) is 23.1 Å².